The van der Waals surface area contributed by atoms with Gasteiger partial charge in [-0.1, -0.05) is 0 Å². The van der Waals surface area contributed by atoms with Crippen LogP contribution in [0.2, 0.25) is 0 Å². The summed E-state index contributed by atoms with van der Waals surface area (Å²) < 4.78 is 9.37. The Hall–Kier alpha value is -1.62. The summed E-state index contributed by atoms with van der Waals surface area (Å²) in [5.74, 6) is -0.529. The van der Waals surface area contributed by atoms with Crippen molar-refractivity contribution in [1.82, 2.24) is 0 Å². The minimum Gasteiger partial charge on any atom is -0.503 e. The van der Waals surface area contributed by atoms with Crippen molar-refractivity contribution in [3.8, 4) is 0 Å². The molecule has 80 valence electrons. The predicted octanol–water partition coefficient (Wildman–Crippen LogP) is 1.72. The van der Waals surface area contributed by atoms with Crippen molar-refractivity contribution >= 4 is 29.2 Å². The summed E-state index contributed by atoms with van der Waals surface area (Å²) in [6.45, 7) is 0. The fourth-order valence-corrected chi connectivity index (χ4v) is 1.80. The second-order valence-corrected chi connectivity index (χ2v) is 3.52. The van der Waals surface area contributed by atoms with E-state index in [9.17, 15) is 9.59 Å². The lowest BCUT2D eigenvalue weighted by Crippen LogP contribution is -2.05. The molecule has 1 heterocycles. The van der Waals surface area contributed by atoms with Gasteiger partial charge in [-0.25, -0.2) is 4.79 Å². The summed E-state index contributed by atoms with van der Waals surface area (Å²) in [7, 11) is 2.70. The van der Waals surface area contributed by atoms with Crippen molar-refractivity contribution in [1.29, 1.82) is 0 Å². The van der Waals surface area contributed by atoms with Crippen LogP contribution in [0.1, 0.15) is 15.2 Å². The third-order valence-electron chi connectivity index (χ3n) is 1.73. The van der Waals surface area contributed by atoms with Crippen LogP contribution in [0.15, 0.2) is 17.7 Å². The largest absolute Gasteiger partial charge is 0.503 e. The van der Waals surface area contributed by atoms with E-state index in [2.05, 4.69) is 4.74 Å². The van der Waals surface area contributed by atoms with Crippen LogP contribution >= 0.6 is 11.3 Å². The zero-order valence-electron chi connectivity index (χ0n) is 8.35. The van der Waals surface area contributed by atoms with Gasteiger partial charge in [0.2, 0.25) is 0 Å². The molecule has 4 nitrogen and oxygen atoms in total. The van der Waals surface area contributed by atoms with Crippen molar-refractivity contribution in [2.45, 2.75) is 0 Å². The Morgan fingerprint density at radius 1 is 1.47 bits per heavy atom. The van der Waals surface area contributed by atoms with Crippen LogP contribution in [-0.2, 0) is 14.3 Å². The number of esters is 1. The number of thiophene rings is 1. The molecule has 0 spiro atoms. The highest BCUT2D eigenvalue weighted by atomic mass is 32.1. The monoisotopic (exact) mass is 226 g/mol. The van der Waals surface area contributed by atoms with E-state index in [0.717, 1.165) is 0 Å². The lowest BCUT2D eigenvalue weighted by molar-refractivity contribution is -0.133. The number of carbonyl (C=O) groups excluding carboxylic acids is 2. The average Bonchev–Trinajstić information content (AvgIpc) is 2.72. The lowest BCUT2D eigenvalue weighted by atomic mass is 10.1. The van der Waals surface area contributed by atoms with Crippen molar-refractivity contribution in [2.24, 2.45) is 0 Å². The summed E-state index contributed by atoms with van der Waals surface area (Å²) in [6, 6.07) is 1.68. The Morgan fingerprint density at radius 3 is 2.73 bits per heavy atom. The van der Waals surface area contributed by atoms with Crippen LogP contribution in [-0.4, -0.2) is 26.5 Å². The fourth-order valence-electron chi connectivity index (χ4n) is 1.08. The first-order valence-electron chi connectivity index (χ1n) is 4.09. The molecule has 15 heavy (non-hydrogen) atoms. The van der Waals surface area contributed by atoms with Crippen LogP contribution in [0.25, 0.3) is 5.57 Å². The third kappa shape index (κ3) is 2.44. The number of carbonyl (C=O) groups is 2. The maximum atomic E-state index is 11.4. The number of rotatable bonds is 4. The van der Waals surface area contributed by atoms with Gasteiger partial charge in [0, 0.05) is 5.56 Å². The molecular formula is C10H10O4S. The van der Waals surface area contributed by atoms with E-state index in [1.807, 2.05) is 0 Å². The van der Waals surface area contributed by atoms with Crippen molar-refractivity contribution in [2.75, 3.05) is 14.2 Å². The van der Waals surface area contributed by atoms with Gasteiger partial charge in [-0.3, -0.25) is 4.79 Å². The van der Waals surface area contributed by atoms with E-state index in [1.54, 1.807) is 11.4 Å². The van der Waals surface area contributed by atoms with Crippen molar-refractivity contribution < 1.29 is 19.1 Å². The van der Waals surface area contributed by atoms with E-state index < -0.39 is 5.97 Å². The average molecular weight is 226 g/mol. The lowest BCUT2D eigenvalue weighted by Gasteiger charge is -2.03. The molecule has 0 aromatic carbocycles. The minimum absolute atomic E-state index is 0.239. The summed E-state index contributed by atoms with van der Waals surface area (Å²) >= 11 is 1.26. The molecule has 0 saturated heterocycles. The molecule has 0 amide bonds. The summed E-state index contributed by atoms with van der Waals surface area (Å²) in [5, 5.41) is 1.73. The van der Waals surface area contributed by atoms with Crippen LogP contribution in [0.4, 0.5) is 0 Å². The standard InChI is InChI=1S/C10H10O4S/c1-13-6-8(10(12)14-2)7-3-4-15-9(7)5-11/h3-6H,1-2H3/b8-6+. The molecule has 0 aliphatic carbocycles. The highest BCUT2D eigenvalue weighted by molar-refractivity contribution is 7.12. The van der Waals surface area contributed by atoms with Gasteiger partial charge >= 0.3 is 5.97 Å². The summed E-state index contributed by atoms with van der Waals surface area (Å²) in [6.07, 6.45) is 1.97. The number of aldehydes is 1. The van der Waals surface area contributed by atoms with Crippen LogP contribution in [0.3, 0.4) is 0 Å². The molecule has 0 fully saturated rings. The van der Waals surface area contributed by atoms with Gasteiger partial charge in [-0.2, -0.15) is 0 Å². The SMILES string of the molecule is CO/C=C(/C(=O)OC)c1ccsc1C=O. The Labute approximate surface area is 91.1 Å². The fraction of sp³-hybridized carbons (Fsp3) is 0.200. The van der Waals surface area contributed by atoms with E-state index in [-0.39, 0.29) is 5.57 Å². The van der Waals surface area contributed by atoms with Gasteiger partial charge in [0.15, 0.2) is 6.29 Å². The molecule has 0 aliphatic heterocycles. The van der Waals surface area contributed by atoms with E-state index >= 15 is 0 Å². The van der Waals surface area contributed by atoms with Gasteiger partial charge in [0.05, 0.1) is 25.4 Å². The first-order chi connectivity index (χ1) is 7.24. The highest BCUT2D eigenvalue weighted by Gasteiger charge is 2.17. The maximum absolute atomic E-state index is 11.4. The van der Waals surface area contributed by atoms with Crippen LogP contribution < -0.4 is 0 Å². The van der Waals surface area contributed by atoms with Crippen LogP contribution in [0, 0.1) is 0 Å². The second kappa shape index (κ2) is 5.31. The topological polar surface area (TPSA) is 52.6 Å². The van der Waals surface area contributed by atoms with E-state index in [0.29, 0.717) is 16.7 Å². The van der Waals surface area contributed by atoms with Gasteiger partial charge < -0.3 is 9.47 Å². The Bertz CT molecular complexity index is 392. The van der Waals surface area contributed by atoms with Crippen molar-refractivity contribution in [3.05, 3.63) is 28.1 Å². The molecule has 0 saturated carbocycles. The molecule has 0 radical (unpaired) electrons. The molecule has 5 heteroatoms. The van der Waals surface area contributed by atoms with Gasteiger partial charge in [0.25, 0.3) is 0 Å². The Morgan fingerprint density at radius 2 is 2.20 bits per heavy atom. The number of hydrogen-bond acceptors (Lipinski definition) is 5. The second-order valence-electron chi connectivity index (χ2n) is 2.58. The minimum atomic E-state index is -0.529. The first kappa shape index (κ1) is 11.5. The highest BCUT2D eigenvalue weighted by Crippen LogP contribution is 2.24. The molecule has 0 aliphatic rings. The summed E-state index contributed by atoms with van der Waals surface area (Å²) in [5.41, 5.74) is 0.770. The van der Waals surface area contributed by atoms with E-state index in [4.69, 9.17) is 4.74 Å². The predicted molar refractivity (Wildman–Crippen MR) is 56.7 cm³/mol. The molecule has 1 aromatic heterocycles. The Kier molecular flexibility index (Phi) is 4.05. The molecular weight excluding hydrogens is 216 g/mol. The van der Waals surface area contributed by atoms with Gasteiger partial charge in [-0.05, 0) is 11.4 Å². The zero-order chi connectivity index (χ0) is 11.3. The third-order valence-corrected chi connectivity index (χ3v) is 2.58. The van der Waals surface area contributed by atoms with Crippen molar-refractivity contribution in [3.63, 3.8) is 0 Å². The normalized spacial score (nSPS) is 10.9. The molecule has 0 bridgehead atoms. The maximum Gasteiger partial charge on any atom is 0.341 e. The smallest absolute Gasteiger partial charge is 0.341 e. The number of hydrogen-bond donors (Lipinski definition) is 0. The van der Waals surface area contributed by atoms with Gasteiger partial charge in [0.1, 0.15) is 5.57 Å². The molecule has 0 N–H and O–H groups in total. The molecule has 0 unspecified atom stereocenters. The molecule has 1 rings (SSSR count). The van der Waals surface area contributed by atoms with E-state index in [1.165, 1.54) is 31.8 Å². The molecule has 1 aromatic rings. The number of ether oxygens (including phenoxy) is 2. The van der Waals surface area contributed by atoms with Crippen LogP contribution in [0.5, 0.6) is 0 Å². The Balaban J connectivity index is 3.15. The quantitative estimate of drug-likeness (QED) is 0.339. The summed E-state index contributed by atoms with van der Waals surface area (Å²) in [4.78, 5) is 22.6. The number of methoxy groups -OCH3 is 2. The zero-order valence-corrected chi connectivity index (χ0v) is 9.17. The van der Waals surface area contributed by atoms with Gasteiger partial charge in [-0.15, -0.1) is 11.3 Å². The first-order valence-corrected chi connectivity index (χ1v) is 4.96. The molecule has 0 atom stereocenters.